The summed E-state index contributed by atoms with van der Waals surface area (Å²) in [5.74, 6) is -0.880. The van der Waals surface area contributed by atoms with Crippen LogP contribution in [0.2, 0.25) is 0 Å². The summed E-state index contributed by atoms with van der Waals surface area (Å²) in [6.07, 6.45) is -5.19. The van der Waals surface area contributed by atoms with Gasteiger partial charge in [0.1, 0.15) is 6.04 Å². The van der Waals surface area contributed by atoms with Crippen LogP contribution in [0.1, 0.15) is 19.4 Å². The lowest BCUT2D eigenvalue weighted by Gasteiger charge is -2.18. The summed E-state index contributed by atoms with van der Waals surface area (Å²) in [5.41, 5.74) is -0.776. The van der Waals surface area contributed by atoms with Crippen LogP contribution in [0.25, 0.3) is 0 Å². The van der Waals surface area contributed by atoms with Crippen LogP contribution in [0.5, 0.6) is 0 Å². The van der Waals surface area contributed by atoms with E-state index in [4.69, 9.17) is 5.11 Å². The molecule has 3 N–H and O–H groups in total. The van der Waals surface area contributed by atoms with E-state index in [1.807, 2.05) is 0 Å². The molecule has 2 atom stereocenters. The van der Waals surface area contributed by atoms with Crippen molar-refractivity contribution < 1.29 is 27.9 Å². The molecular formula is C15H19F3N2O3S. The summed E-state index contributed by atoms with van der Waals surface area (Å²) in [5, 5.41) is 14.1. The monoisotopic (exact) mass is 364 g/mol. The molecule has 0 saturated heterocycles. The number of hydrogen-bond donors (Lipinski definition) is 3. The molecule has 0 fully saturated rings. The second-order valence-electron chi connectivity index (χ2n) is 5.18. The van der Waals surface area contributed by atoms with Gasteiger partial charge < -0.3 is 15.7 Å². The molecule has 1 aromatic rings. The third-order valence-corrected chi connectivity index (χ3v) is 3.93. The lowest BCUT2D eigenvalue weighted by molar-refractivity contribution is -0.137. The minimum atomic E-state index is -4.44. The number of aliphatic hydroxyl groups excluding tert-OH is 1. The van der Waals surface area contributed by atoms with E-state index in [0.717, 1.165) is 23.9 Å². The largest absolute Gasteiger partial charge is 0.416 e. The van der Waals surface area contributed by atoms with Crippen LogP contribution < -0.4 is 10.6 Å². The van der Waals surface area contributed by atoms with E-state index in [1.165, 1.54) is 26.0 Å². The molecule has 9 heteroatoms. The molecule has 0 heterocycles. The number of amides is 2. The summed E-state index contributed by atoms with van der Waals surface area (Å²) < 4.78 is 38.1. The highest BCUT2D eigenvalue weighted by Gasteiger charge is 2.30. The zero-order chi connectivity index (χ0) is 18.3. The smallest absolute Gasteiger partial charge is 0.392 e. The standard InChI is InChI=1S/C15H19F3N2O3S/c1-9(21)7-19-14(23)13(20-10(2)22)8-24-12-5-3-4-11(6-12)15(16,17)18/h3-6,9,13,21H,7-8H2,1-2H3,(H,19,23)(H,20,22). The highest BCUT2D eigenvalue weighted by Crippen LogP contribution is 2.32. The van der Waals surface area contributed by atoms with Gasteiger partial charge in [0.05, 0.1) is 11.7 Å². The van der Waals surface area contributed by atoms with Crippen molar-refractivity contribution in [2.45, 2.75) is 37.1 Å². The number of thioether (sulfide) groups is 1. The van der Waals surface area contributed by atoms with Crippen molar-refractivity contribution in [1.82, 2.24) is 10.6 Å². The van der Waals surface area contributed by atoms with Crippen LogP contribution in [0, 0.1) is 0 Å². The summed E-state index contributed by atoms with van der Waals surface area (Å²) in [7, 11) is 0. The van der Waals surface area contributed by atoms with Crippen LogP contribution in [-0.4, -0.2) is 41.4 Å². The fraction of sp³-hybridized carbons (Fsp3) is 0.467. The average Bonchev–Trinajstić information content (AvgIpc) is 2.48. The molecule has 0 spiro atoms. The van der Waals surface area contributed by atoms with E-state index in [2.05, 4.69) is 10.6 Å². The summed E-state index contributed by atoms with van der Waals surface area (Å²) in [4.78, 5) is 23.5. The Morgan fingerprint density at radius 3 is 2.54 bits per heavy atom. The zero-order valence-corrected chi connectivity index (χ0v) is 14.0. The van der Waals surface area contributed by atoms with Crippen LogP contribution >= 0.6 is 11.8 Å². The molecule has 1 aromatic carbocycles. The average molecular weight is 364 g/mol. The molecule has 2 unspecified atom stereocenters. The highest BCUT2D eigenvalue weighted by molar-refractivity contribution is 7.99. The molecule has 0 aliphatic carbocycles. The van der Waals surface area contributed by atoms with Crippen LogP contribution in [0.4, 0.5) is 13.2 Å². The Morgan fingerprint density at radius 2 is 2.00 bits per heavy atom. The van der Waals surface area contributed by atoms with Crippen molar-refractivity contribution in [2.24, 2.45) is 0 Å². The van der Waals surface area contributed by atoms with Crippen molar-refractivity contribution >= 4 is 23.6 Å². The molecule has 24 heavy (non-hydrogen) atoms. The van der Waals surface area contributed by atoms with Crippen LogP contribution in [0.3, 0.4) is 0 Å². The van der Waals surface area contributed by atoms with E-state index >= 15 is 0 Å². The Balaban J connectivity index is 2.74. The van der Waals surface area contributed by atoms with Crippen molar-refractivity contribution in [3.05, 3.63) is 29.8 Å². The lowest BCUT2D eigenvalue weighted by atomic mass is 10.2. The van der Waals surface area contributed by atoms with Gasteiger partial charge in [-0.1, -0.05) is 6.07 Å². The lowest BCUT2D eigenvalue weighted by Crippen LogP contribution is -2.48. The molecule has 1 rings (SSSR count). The molecule has 0 aliphatic rings. The Labute approximate surface area is 142 Å². The first kappa shape index (κ1) is 20.3. The first-order chi connectivity index (χ1) is 11.1. The second kappa shape index (κ2) is 8.93. The zero-order valence-electron chi connectivity index (χ0n) is 13.2. The van der Waals surface area contributed by atoms with E-state index in [1.54, 1.807) is 0 Å². The van der Waals surface area contributed by atoms with Gasteiger partial charge in [-0.2, -0.15) is 13.2 Å². The number of hydrogen-bond acceptors (Lipinski definition) is 4. The van der Waals surface area contributed by atoms with E-state index in [0.29, 0.717) is 4.90 Å². The Hall–Kier alpha value is -1.74. The first-order valence-electron chi connectivity index (χ1n) is 7.12. The normalized spacial score (nSPS) is 13.9. The summed E-state index contributed by atoms with van der Waals surface area (Å²) >= 11 is 1.03. The maximum Gasteiger partial charge on any atom is 0.416 e. The topological polar surface area (TPSA) is 78.4 Å². The van der Waals surface area contributed by atoms with Crippen LogP contribution in [0.15, 0.2) is 29.2 Å². The van der Waals surface area contributed by atoms with Gasteiger partial charge in [-0.15, -0.1) is 11.8 Å². The number of aliphatic hydroxyl groups is 1. The van der Waals surface area contributed by atoms with Crippen LogP contribution in [-0.2, 0) is 15.8 Å². The van der Waals surface area contributed by atoms with Crippen molar-refractivity contribution in [1.29, 1.82) is 0 Å². The summed E-state index contributed by atoms with van der Waals surface area (Å²) in [6, 6.07) is 3.82. The van der Waals surface area contributed by atoms with Gasteiger partial charge >= 0.3 is 6.18 Å². The maximum absolute atomic E-state index is 12.7. The first-order valence-corrected chi connectivity index (χ1v) is 8.11. The maximum atomic E-state index is 12.7. The number of halogens is 3. The fourth-order valence-electron chi connectivity index (χ4n) is 1.74. The van der Waals surface area contributed by atoms with Gasteiger partial charge in [-0.3, -0.25) is 9.59 Å². The van der Waals surface area contributed by atoms with Crippen molar-refractivity contribution in [2.75, 3.05) is 12.3 Å². The Morgan fingerprint density at radius 1 is 1.33 bits per heavy atom. The minimum absolute atomic E-state index is 0.0170. The number of nitrogens with one attached hydrogen (secondary N) is 2. The number of carbonyl (C=O) groups is 2. The Bertz CT molecular complexity index is 579. The third kappa shape index (κ3) is 7.22. The predicted molar refractivity (Wildman–Crippen MR) is 84.5 cm³/mol. The van der Waals surface area contributed by atoms with Gasteiger partial charge in [0.2, 0.25) is 11.8 Å². The van der Waals surface area contributed by atoms with E-state index < -0.39 is 35.7 Å². The molecule has 0 saturated carbocycles. The second-order valence-corrected chi connectivity index (χ2v) is 6.28. The SMILES string of the molecule is CC(=O)NC(CSc1cccc(C(F)(F)F)c1)C(=O)NCC(C)O. The third-order valence-electron chi connectivity index (χ3n) is 2.84. The minimum Gasteiger partial charge on any atom is -0.392 e. The van der Waals surface area contributed by atoms with Crippen molar-refractivity contribution in [3.8, 4) is 0 Å². The van der Waals surface area contributed by atoms with E-state index in [9.17, 15) is 22.8 Å². The van der Waals surface area contributed by atoms with Gasteiger partial charge in [0.25, 0.3) is 0 Å². The quantitative estimate of drug-likeness (QED) is 0.645. The molecule has 5 nitrogen and oxygen atoms in total. The number of rotatable bonds is 7. The molecule has 134 valence electrons. The number of alkyl halides is 3. The highest BCUT2D eigenvalue weighted by atomic mass is 32.2. The molecule has 0 aromatic heterocycles. The molecule has 2 amide bonds. The van der Waals surface area contributed by atoms with Gasteiger partial charge in [0, 0.05) is 24.1 Å². The fourth-order valence-corrected chi connectivity index (χ4v) is 2.72. The molecule has 0 bridgehead atoms. The van der Waals surface area contributed by atoms with E-state index in [-0.39, 0.29) is 12.3 Å². The predicted octanol–water partition coefficient (Wildman–Crippen LogP) is 1.80. The van der Waals surface area contributed by atoms with Gasteiger partial charge in [-0.05, 0) is 25.1 Å². The Kier molecular flexibility index (Phi) is 7.56. The number of benzene rings is 1. The van der Waals surface area contributed by atoms with Gasteiger partial charge in [-0.25, -0.2) is 0 Å². The molecule has 0 aliphatic heterocycles. The summed E-state index contributed by atoms with van der Waals surface area (Å²) in [6.45, 7) is 2.75. The molecular weight excluding hydrogens is 345 g/mol. The van der Waals surface area contributed by atoms with Crippen molar-refractivity contribution in [3.63, 3.8) is 0 Å². The van der Waals surface area contributed by atoms with Gasteiger partial charge in [0.15, 0.2) is 0 Å². The number of carbonyl (C=O) groups excluding carboxylic acids is 2. The molecule has 0 radical (unpaired) electrons.